The molecule has 1 aromatic rings. The summed E-state index contributed by atoms with van der Waals surface area (Å²) in [5, 5.41) is 15.7. The fourth-order valence-corrected chi connectivity index (χ4v) is 3.87. The number of hydrogen-bond acceptors (Lipinski definition) is 3. The van der Waals surface area contributed by atoms with Crippen molar-refractivity contribution in [2.24, 2.45) is 24.1 Å². The number of aryl methyl sites for hydroxylation is 1. The van der Waals surface area contributed by atoms with E-state index in [1.807, 2.05) is 17.9 Å². The maximum absolute atomic E-state index is 11.1. The van der Waals surface area contributed by atoms with Gasteiger partial charge >= 0.3 is 0 Å². The molecule has 120 valence electrons. The van der Waals surface area contributed by atoms with Crippen LogP contribution in [0.5, 0.6) is 0 Å². The van der Waals surface area contributed by atoms with E-state index >= 15 is 0 Å². The fourth-order valence-electron chi connectivity index (χ4n) is 3.87. The van der Waals surface area contributed by atoms with E-state index in [0.29, 0.717) is 12.5 Å². The lowest BCUT2D eigenvalue weighted by atomic mass is 9.65. The minimum atomic E-state index is -0.520. The first kappa shape index (κ1) is 16.5. The number of nitrogens with two attached hydrogens (primary N) is 1. The predicted octanol–water partition coefficient (Wildman–Crippen LogP) is 2.91. The van der Waals surface area contributed by atoms with Gasteiger partial charge in [-0.2, -0.15) is 5.10 Å². The fraction of sp³-hybridized carbons (Fsp3) is 0.824. The second-order valence-electron chi connectivity index (χ2n) is 8.03. The van der Waals surface area contributed by atoms with Gasteiger partial charge in [0.15, 0.2) is 0 Å². The zero-order valence-electron chi connectivity index (χ0n) is 14.2. The first-order chi connectivity index (χ1) is 9.69. The third-order valence-electron chi connectivity index (χ3n) is 4.98. The zero-order valence-corrected chi connectivity index (χ0v) is 14.2. The van der Waals surface area contributed by atoms with Crippen molar-refractivity contribution in [2.45, 2.75) is 64.9 Å². The summed E-state index contributed by atoms with van der Waals surface area (Å²) in [7, 11) is 1.92. The summed E-state index contributed by atoms with van der Waals surface area (Å²) in [6.45, 7) is 9.24. The van der Waals surface area contributed by atoms with E-state index in [1.54, 1.807) is 0 Å². The summed E-state index contributed by atoms with van der Waals surface area (Å²) in [5.74, 6) is 0.631. The van der Waals surface area contributed by atoms with Crippen molar-refractivity contribution in [3.8, 4) is 0 Å². The van der Waals surface area contributed by atoms with Crippen LogP contribution in [0.4, 0.5) is 0 Å². The lowest BCUT2D eigenvalue weighted by molar-refractivity contribution is -0.0140. The van der Waals surface area contributed by atoms with Gasteiger partial charge in [-0.15, -0.1) is 0 Å². The molecule has 0 radical (unpaired) electrons. The average Bonchev–Trinajstić information content (AvgIpc) is 2.79. The number of nitrogens with zero attached hydrogens (tertiary/aromatic N) is 2. The highest BCUT2D eigenvalue weighted by Crippen LogP contribution is 2.48. The molecule has 1 aromatic heterocycles. The van der Waals surface area contributed by atoms with Gasteiger partial charge in [0.2, 0.25) is 0 Å². The Labute approximate surface area is 128 Å². The predicted molar refractivity (Wildman–Crippen MR) is 86.0 cm³/mol. The molecule has 0 amide bonds. The van der Waals surface area contributed by atoms with Crippen LogP contribution in [0.2, 0.25) is 0 Å². The second-order valence-corrected chi connectivity index (χ2v) is 8.03. The monoisotopic (exact) mass is 293 g/mol. The molecule has 4 nitrogen and oxygen atoms in total. The van der Waals surface area contributed by atoms with Crippen LogP contribution >= 0.6 is 0 Å². The van der Waals surface area contributed by atoms with Crippen LogP contribution in [0.25, 0.3) is 0 Å². The van der Waals surface area contributed by atoms with Crippen LogP contribution in [-0.4, -0.2) is 21.4 Å². The SMILES string of the molecule is CC1CCCC(CN)(C(O)c2cn(C)nc2C(C)(C)C)C1. The Morgan fingerprint density at radius 2 is 2.19 bits per heavy atom. The van der Waals surface area contributed by atoms with Gasteiger partial charge in [-0.05, 0) is 18.8 Å². The summed E-state index contributed by atoms with van der Waals surface area (Å²) in [6, 6.07) is 0. The zero-order chi connectivity index (χ0) is 15.8. The van der Waals surface area contributed by atoms with Gasteiger partial charge in [0.25, 0.3) is 0 Å². The molecule has 1 aliphatic carbocycles. The standard InChI is InChI=1S/C17H31N3O/c1-12-7-6-8-17(9-12,11-18)15(21)13-10-20(5)19-14(13)16(2,3)4/h10,12,15,21H,6-9,11,18H2,1-5H3. The summed E-state index contributed by atoms with van der Waals surface area (Å²) in [6.07, 6.45) is 5.86. The van der Waals surface area contributed by atoms with E-state index in [4.69, 9.17) is 5.73 Å². The van der Waals surface area contributed by atoms with Crippen molar-refractivity contribution in [1.29, 1.82) is 0 Å². The Morgan fingerprint density at radius 3 is 2.71 bits per heavy atom. The van der Waals surface area contributed by atoms with Gasteiger partial charge in [-0.3, -0.25) is 4.68 Å². The van der Waals surface area contributed by atoms with Gasteiger partial charge in [0.05, 0.1) is 11.8 Å². The molecule has 0 aliphatic heterocycles. The number of aliphatic hydroxyl groups is 1. The molecular weight excluding hydrogens is 262 g/mol. The number of rotatable bonds is 3. The molecule has 0 saturated heterocycles. The van der Waals surface area contributed by atoms with Crippen LogP contribution in [-0.2, 0) is 12.5 Å². The van der Waals surface area contributed by atoms with Gasteiger partial charge in [0, 0.05) is 36.2 Å². The Bertz CT molecular complexity index is 489. The van der Waals surface area contributed by atoms with E-state index in [9.17, 15) is 5.11 Å². The van der Waals surface area contributed by atoms with Gasteiger partial charge < -0.3 is 10.8 Å². The summed E-state index contributed by atoms with van der Waals surface area (Å²) in [5.41, 5.74) is 7.80. The van der Waals surface area contributed by atoms with Crippen LogP contribution in [0, 0.1) is 11.3 Å². The molecule has 1 heterocycles. The van der Waals surface area contributed by atoms with Crippen LogP contribution in [0.1, 0.15) is 70.7 Å². The molecule has 1 fully saturated rings. The van der Waals surface area contributed by atoms with E-state index < -0.39 is 6.10 Å². The lowest BCUT2D eigenvalue weighted by Crippen LogP contribution is -2.41. The van der Waals surface area contributed by atoms with Crippen molar-refractivity contribution in [3.63, 3.8) is 0 Å². The number of aliphatic hydroxyl groups excluding tert-OH is 1. The molecule has 0 aromatic carbocycles. The largest absolute Gasteiger partial charge is 0.388 e. The van der Waals surface area contributed by atoms with Crippen molar-refractivity contribution < 1.29 is 5.11 Å². The second kappa shape index (κ2) is 5.73. The molecule has 4 heteroatoms. The number of hydrogen-bond donors (Lipinski definition) is 2. The topological polar surface area (TPSA) is 64.1 Å². The smallest absolute Gasteiger partial charge is 0.0891 e. The molecule has 3 N–H and O–H groups in total. The quantitative estimate of drug-likeness (QED) is 0.900. The van der Waals surface area contributed by atoms with Crippen molar-refractivity contribution in [3.05, 3.63) is 17.5 Å². The first-order valence-electron chi connectivity index (χ1n) is 8.12. The Hall–Kier alpha value is -0.870. The van der Waals surface area contributed by atoms with Gasteiger partial charge in [0.1, 0.15) is 0 Å². The van der Waals surface area contributed by atoms with Crippen molar-refractivity contribution in [2.75, 3.05) is 6.54 Å². The lowest BCUT2D eigenvalue weighted by Gasteiger charge is -2.43. The third kappa shape index (κ3) is 3.16. The Morgan fingerprint density at radius 1 is 1.52 bits per heavy atom. The van der Waals surface area contributed by atoms with Crippen LogP contribution < -0.4 is 5.73 Å². The van der Waals surface area contributed by atoms with E-state index in [-0.39, 0.29) is 10.8 Å². The highest BCUT2D eigenvalue weighted by Gasteiger charge is 2.43. The van der Waals surface area contributed by atoms with Crippen LogP contribution in [0.3, 0.4) is 0 Å². The van der Waals surface area contributed by atoms with E-state index in [2.05, 4.69) is 32.8 Å². The van der Waals surface area contributed by atoms with Crippen LogP contribution in [0.15, 0.2) is 6.20 Å². The van der Waals surface area contributed by atoms with Crippen molar-refractivity contribution in [1.82, 2.24) is 9.78 Å². The summed E-state index contributed by atoms with van der Waals surface area (Å²) in [4.78, 5) is 0. The first-order valence-corrected chi connectivity index (χ1v) is 8.12. The molecule has 0 bridgehead atoms. The molecule has 0 spiro atoms. The minimum absolute atomic E-state index is 0.0757. The minimum Gasteiger partial charge on any atom is -0.388 e. The maximum Gasteiger partial charge on any atom is 0.0891 e. The van der Waals surface area contributed by atoms with E-state index in [0.717, 1.165) is 30.5 Å². The summed E-state index contributed by atoms with van der Waals surface area (Å²) < 4.78 is 1.82. The molecule has 1 aliphatic rings. The molecule has 3 atom stereocenters. The molecule has 1 saturated carbocycles. The Kier molecular flexibility index (Phi) is 4.50. The highest BCUT2D eigenvalue weighted by molar-refractivity contribution is 5.28. The van der Waals surface area contributed by atoms with Crippen molar-refractivity contribution >= 4 is 0 Å². The summed E-state index contributed by atoms with van der Waals surface area (Å²) >= 11 is 0. The Balaban J connectivity index is 2.40. The van der Waals surface area contributed by atoms with E-state index in [1.165, 1.54) is 6.42 Å². The van der Waals surface area contributed by atoms with Gasteiger partial charge in [-0.25, -0.2) is 0 Å². The maximum atomic E-state index is 11.1. The molecule has 2 rings (SSSR count). The molecule has 21 heavy (non-hydrogen) atoms. The highest BCUT2D eigenvalue weighted by atomic mass is 16.3. The molecule has 3 unspecified atom stereocenters. The van der Waals surface area contributed by atoms with Gasteiger partial charge in [-0.1, -0.05) is 40.5 Å². The normalized spacial score (nSPS) is 28.6. The average molecular weight is 293 g/mol. The molecular formula is C17H31N3O. The number of aromatic nitrogens is 2. The third-order valence-corrected chi connectivity index (χ3v) is 4.98.